The Kier molecular flexibility index (Phi) is 4.47. The molecule has 5 heteroatoms. The van der Waals surface area contributed by atoms with Gasteiger partial charge in [0.1, 0.15) is 5.82 Å². The number of hydrogen-bond acceptors (Lipinski definition) is 3. The van der Waals surface area contributed by atoms with E-state index in [2.05, 4.69) is 5.32 Å². The van der Waals surface area contributed by atoms with Gasteiger partial charge in [-0.1, -0.05) is 25.3 Å². The highest BCUT2D eigenvalue weighted by Gasteiger charge is 2.27. The van der Waals surface area contributed by atoms with Gasteiger partial charge in [0.15, 0.2) is 0 Å². The molecule has 132 valence electrons. The van der Waals surface area contributed by atoms with Crippen LogP contribution >= 0.6 is 0 Å². The molecule has 1 aromatic carbocycles. The minimum absolute atomic E-state index is 0.301. The minimum atomic E-state index is -0.902. The maximum Gasteiger partial charge on any atom is 0.335 e. The van der Waals surface area contributed by atoms with Crippen LogP contribution in [-0.4, -0.2) is 27.4 Å². The van der Waals surface area contributed by atoms with Crippen LogP contribution in [0, 0.1) is 0 Å². The van der Waals surface area contributed by atoms with Crippen molar-refractivity contribution in [1.82, 2.24) is 9.78 Å². The van der Waals surface area contributed by atoms with Gasteiger partial charge in [-0.15, -0.1) is 0 Å². The van der Waals surface area contributed by atoms with Crippen LogP contribution in [0.1, 0.15) is 72.5 Å². The molecule has 1 aliphatic heterocycles. The summed E-state index contributed by atoms with van der Waals surface area (Å²) in [6, 6.07) is 7.08. The van der Waals surface area contributed by atoms with E-state index in [-0.39, 0.29) is 0 Å². The SMILES string of the molecule is O=C(O)c1cccc(-n2nc(C3CCCCC3)c3c2NCCCC3)c1. The topological polar surface area (TPSA) is 67.1 Å². The molecule has 1 fully saturated rings. The molecular weight excluding hydrogens is 314 g/mol. The summed E-state index contributed by atoms with van der Waals surface area (Å²) >= 11 is 0. The summed E-state index contributed by atoms with van der Waals surface area (Å²) in [5.41, 5.74) is 3.72. The average Bonchev–Trinajstić information content (AvgIpc) is 2.83. The van der Waals surface area contributed by atoms with E-state index in [0.717, 1.165) is 30.9 Å². The van der Waals surface area contributed by atoms with Gasteiger partial charge in [0.2, 0.25) is 0 Å². The van der Waals surface area contributed by atoms with Crippen LogP contribution < -0.4 is 5.32 Å². The molecule has 2 aromatic rings. The van der Waals surface area contributed by atoms with Crippen LogP contribution in [0.25, 0.3) is 5.69 Å². The van der Waals surface area contributed by atoms with Crippen molar-refractivity contribution < 1.29 is 9.90 Å². The number of carbonyl (C=O) groups is 1. The van der Waals surface area contributed by atoms with Gasteiger partial charge in [0.05, 0.1) is 16.9 Å². The van der Waals surface area contributed by atoms with Crippen molar-refractivity contribution >= 4 is 11.8 Å². The Bertz CT molecular complexity index is 775. The first-order chi connectivity index (χ1) is 12.2. The lowest BCUT2D eigenvalue weighted by Gasteiger charge is -2.20. The zero-order chi connectivity index (χ0) is 17.2. The Balaban J connectivity index is 1.80. The Labute approximate surface area is 148 Å². The van der Waals surface area contributed by atoms with Crippen molar-refractivity contribution in [3.8, 4) is 5.69 Å². The third-order valence-electron chi connectivity index (χ3n) is 5.49. The summed E-state index contributed by atoms with van der Waals surface area (Å²) < 4.78 is 1.94. The summed E-state index contributed by atoms with van der Waals surface area (Å²) in [5, 5.41) is 17.8. The first-order valence-corrected chi connectivity index (χ1v) is 9.43. The molecule has 0 radical (unpaired) electrons. The number of benzene rings is 1. The van der Waals surface area contributed by atoms with Crippen molar-refractivity contribution in [3.05, 3.63) is 41.1 Å². The highest BCUT2D eigenvalue weighted by atomic mass is 16.4. The van der Waals surface area contributed by atoms with Gasteiger partial charge in [-0.2, -0.15) is 5.10 Å². The molecule has 0 spiro atoms. The maximum absolute atomic E-state index is 11.3. The first-order valence-electron chi connectivity index (χ1n) is 9.43. The van der Waals surface area contributed by atoms with Crippen molar-refractivity contribution in [3.63, 3.8) is 0 Å². The van der Waals surface area contributed by atoms with E-state index in [9.17, 15) is 9.90 Å². The standard InChI is InChI=1S/C20H25N3O2/c24-20(25)15-9-6-10-16(13-15)23-19-17(11-4-5-12-21-19)18(22-23)14-7-2-1-3-8-14/h6,9-10,13-14,21H,1-5,7-8,11-12H2,(H,24,25). The number of aromatic nitrogens is 2. The molecule has 2 heterocycles. The number of nitrogens with one attached hydrogen (secondary N) is 1. The highest BCUT2D eigenvalue weighted by Crippen LogP contribution is 2.38. The smallest absolute Gasteiger partial charge is 0.335 e. The Morgan fingerprint density at radius 3 is 2.80 bits per heavy atom. The fourth-order valence-corrected chi connectivity index (χ4v) is 4.19. The second kappa shape index (κ2) is 6.90. The van der Waals surface area contributed by atoms with Crippen LogP contribution in [0.5, 0.6) is 0 Å². The molecule has 0 saturated heterocycles. The molecule has 1 aromatic heterocycles. The van der Waals surface area contributed by atoms with Crippen molar-refractivity contribution in [2.75, 3.05) is 11.9 Å². The van der Waals surface area contributed by atoms with Gasteiger partial charge in [-0.3, -0.25) is 0 Å². The fraction of sp³-hybridized carbons (Fsp3) is 0.500. The summed E-state index contributed by atoms with van der Waals surface area (Å²) in [7, 11) is 0. The molecule has 0 atom stereocenters. The molecule has 2 N–H and O–H groups in total. The second-order valence-corrected chi connectivity index (χ2v) is 7.20. The lowest BCUT2D eigenvalue weighted by Crippen LogP contribution is -2.09. The average molecular weight is 339 g/mol. The van der Waals surface area contributed by atoms with Gasteiger partial charge >= 0.3 is 5.97 Å². The van der Waals surface area contributed by atoms with Gasteiger partial charge in [-0.05, 0) is 50.3 Å². The van der Waals surface area contributed by atoms with Crippen LogP contribution in [-0.2, 0) is 6.42 Å². The minimum Gasteiger partial charge on any atom is -0.478 e. The maximum atomic E-state index is 11.3. The second-order valence-electron chi connectivity index (χ2n) is 7.20. The van der Waals surface area contributed by atoms with Crippen LogP contribution in [0.2, 0.25) is 0 Å². The number of aromatic carboxylic acids is 1. The summed E-state index contributed by atoms with van der Waals surface area (Å²) in [6.45, 7) is 0.946. The summed E-state index contributed by atoms with van der Waals surface area (Å²) in [6.07, 6.45) is 9.75. The predicted molar refractivity (Wildman–Crippen MR) is 97.8 cm³/mol. The summed E-state index contributed by atoms with van der Waals surface area (Å²) in [4.78, 5) is 11.3. The molecule has 0 bridgehead atoms. The van der Waals surface area contributed by atoms with Gasteiger partial charge in [0, 0.05) is 18.0 Å². The molecular formula is C20H25N3O2. The fourth-order valence-electron chi connectivity index (χ4n) is 4.19. The Morgan fingerprint density at radius 2 is 2.00 bits per heavy atom. The van der Waals surface area contributed by atoms with Crippen LogP contribution in [0.15, 0.2) is 24.3 Å². The molecule has 2 aliphatic rings. The lowest BCUT2D eigenvalue weighted by atomic mass is 9.85. The van der Waals surface area contributed by atoms with E-state index in [1.54, 1.807) is 18.2 Å². The lowest BCUT2D eigenvalue weighted by molar-refractivity contribution is 0.0697. The van der Waals surface area contributed by atoms with Gasteiger partial charge < -0.3 is 10.4 Å². The largest absolute Gasteiger partial charge is 0.478 e. The molecule has 4 rings (SSSR count). The Morgan fingerprint density at radius 1 is 1.16 bits per heavy atom. The predicted octanol–water partition coefficient (Wildman–Crippen LogP) is 4.37. The molecule has 1 aliphatic carbocycles. The zero-order valence-corrected chi connectivity index (χ0v) is 14.5. The number of rotatable bonds is 3. The van der Waals surface area contributed by atoms with E-state index in [4.69, 9.17) is 5.10 Å². The van der Waals surface area contributed by atoms with Crippen molar-refractivity contribution in [2.45, 2.75) is 57.3 Å². The van der Waals surface area contributed by atoms with Crippen LogP contribution in [0.3, 0.4) is 0 Å². The van der Waals surface area contributed by atoms with E-state index in [1.165, 1.54) is 49.8 Å². The first kappa shape index (κ1) is 16.2. The zero-order valence-electron chi connectivity index (χ0n) is 14.5. The van der Waals surface area contributed by atoms with Crippen molar-refractivity contribution in [2.24, 2.45) is 0 Å². The molecule has 1 saturated carbocycles. The van der Waals surface area contributed by atoms with E-state index in [0.29, 0.717) is 11.5 Å². The number of carboxylic acids is 1. The number of hydrogen-bond donors (Lipinski definition) is 2. The van der Waals surface area contributed by atoms with E-state index < -0.39 is 5.97 Å². The third kappa shape index (κ3) is 3.15. The van der Waals surface area contributed by atoms with E-state index in [1.807, 2.05) is 10.7 Å². The quantitative estimate of drug-likeness (QED) is 0.871. The highest BCUT2D eigenvalue weighted by molar-refractivity contribution is 5.88. The molecule has 0 unspecified atom stereocenters. The number of carboxylic acid groups (broad SMARTS) is 1. The number of anilines is 1. The Hall–Kier alpha value is -2.30. The molecule has 25 heavy (non-hydrogen) atoms. The molecule has 0 amide bonds. The molecule has 5 nitrogen and oxygen atoms in total. The van der Waals surface area contributed by atoms with Gasteiger partial charge in [0.25, 0.3) is 0 Å². The normalized spacial score (nSPS) is 18.2. The van der Waals surface area contributed by atoms with Crippen LogP contribution in [0.4, 0.5) is 5.82 Å². The van der Waals surface area contributed by atoms with Crippen molar-refractivity contribution in [1.29, 1.82) is 0 Å². The number of nitrogens with zero attached hydrogens (tertiary/aromatic N) is 2. The monoisotopic (exact) mass is 339 g/mol. The summed E-state index contributed by atoms with van der Waals surface area (Å²) in [5.74, 6) is 0.715. The van der Waals surface area contributed by atoms with E-state index >= 15 is 0 Å². The number of fused-ring (bicyclic) bond motifs is 1. The third-order valence-corrected chi connectivity index (χ3v) is 5.49. The van der Waals surface area contributed by atoms with Gasteiger partial charge in [-0.25, -0.2) is 9.48 Å².